The molecule has 1 amide bonds. The van der Waals surface area contributed by atoms with Crippen molar-refractivity contribution in [2.45, 2.75) is 51.3 Å². The zero-order valence-electron chi connectivity index (χ0n) is 20.2. The van der Waals surface area contributed by atoms with Gasteiger partial charge in [0.05, 0.1) is 17.1 Å². The number of nitrogens with one attached hydrogen (secondary N) is 2. The van der Waals surface area contributed by atoms with Crippen LogP contribution in [-0.2, 0) is 19.5 Å². The molecule has 34 heavy (non-hydrogen) atoms. The molecule has 186 valence electrons. The molecule has 1 aliphatic rings. The van der Waals surface area contributed by atoms with Crippen LogP contribution in [0, 0.1) is 20.8 Å². The Morgan fingerprint density at radius 2 is 1.74 bits per heavy atom. The minimum absolute atomic E-state index is 0.110. The first-order chi connectivity index (χ1) is 16.2. The fraction of sp³-hybridized carbons (Fsp3) is 0.500. The number of ether oxygens (including phenoxy) is 2. The molecule has 1 aromatic heterocycles. The maximum atomic E-state index is 13.3. The first-order valence-electron chi connectivity index (χ1n) is 11.4. The van der Waals surface area contributed by atoms with E-state index < -0.39 is 21.9 Å². The van der Waals surface area contributed by atoms with Gasteiger partial charge in [-0.15, -0.1) is 0 Å². The number of benzene rings is 1. The zero-order valence-corrected chi connectivity index (χ0v) is 21.0. The van der Waals surface area contributed by atoms with Crippen LogP contribution < -0.4 is 5.32 Å². The number of methoxy groups -OCH3 is 1. The number of carbonyl (C=O) groups is 2. The number of anilines is 1. The molecule has 0 aliphatic carbocycles. The zero-order chi connectivity index (χ0) is 24.9. The average Bonchev–Trinajstić information content (AvgIpc) is 2.96. The smallest absolute Gasteiger partial charge is 0.340 e. The second-order valence-electron chi connectivity index (χ2n) is 8.51. The molecule has 1 saturated heterocycles. The molecule has 0 atom stereocenters. The summed E-state index contributed by atoms with van der Waals surface area (Å²) in [6.45, 7) is 6.49. The number of hydrogen-bond acceptors (Lipinski definition) is 6. The fourth-order valence-electron chi connectivity index (χ4n) is 4.14. The van der Waals surface area contributed by atoms with E-state index in [9.17, 15) is 18.0 Å². The minimum atomic E-state index is -3.67. The standard InChI is InChI=1S/C24H33N3O6S/c1-16-9-10-19(15-20(16)34(30,31)27-11-7-5-6-8-12-27)26-23(28)22-17(2)21(18(3)25-22)24(29)33-14-13-32-4/h9-10,15,25H,5-8,11-14H2,1-4H3,(H,26,28). The normalized spacial score (nSPS) is 15.1. The lowest BCUT2D eigenvalue weighted by molar-refractivity contribution is 0.0386. The number of aromatic nitrogens is 1. The van der Waals surface area contributed by atoms with E-state index in [-0.39, 0.29) is 23.8 Å². The van der Waals surface area contributed by atoms with Gasteiger partial charge in [0.2, 0.25) is 10.0 Å². The van der Waals surface area contributed by atoms with E-state index in [0.29, 0.717) is 41.2 Å². The summed E-state index contributed by atoms with van der Waals surface area (Å²) in [6, 6.07) is 4.85. The largest absolute Gasteiger partial charge is 0.460 e. The highest BCUT2D eigenvalue weighted by atomic mass is 32.2. The SMILES string of the molecule is COCCOC(=O)c1c(C)[nH]c(C(=O)Nc2ccc(C)c(S(=O)(=O)N3CCCCCC3)c2)c1C. The van der Waals surface area contributed by atoms with Crippen LogP contribution in [0.4, 0.5) is 5.69 Å². The van der Waals surface area contributed by atoms with Gasteiger partial charge in [-0.2, -0.15) is 4.31 Å². The molecule has 10 heteroatoms. The summed E-state index contributed by atoms with van der Waals surface area (Å²) < 4.78 is 38.2. The first kappa shape index (κ1) is 25.9. The van der Waals surface area contributed by atoms with E-state index in [2.05, 4.69) is 10.3 Å². The predicted octanol–water partition coefficient (Wildman–Crippen LogP) is 3.56. The van der Waals surface area contributed by atoms with Crippen molar-refractivity contribution in [2.75, 3.05) is 38.7 Å². The lowest BCUT2D eigenvalue weighted by atomic mass is 10.1. The van der Waals surface area contributed by atoms with Gasteiger partial charge in [-0.1, -0.05) is 18.9 Å². The molecular weight excluding hydrogens is 458 g/mol. The van der Waals surface area contributed by atoms with Crippen LogP contribution in [0.15, 0.2) is 23.1 Å². The highest BCUT2D eigenvalue weighted by Gasteiger charge is 2.28. The lowest BCUT2D eigenvalue weighted by Crippen LogP contribution is -2.32. The van der Waals surface area contributed by atoms with Crippen molar-refractivity contribution >= 4 is 27.6 Å². The van der Waals surface area contributed by atoms with E-state index >= 15 is 0 Å². The van der Waals surface area contributed by atoms with Crippen LogP contribution in [-0.4, -0.2) is 63.0 Å². The molecule has 2 aromatic rings. The molecule has 0 spiro atoms. The Labute approximate surface area is 200 Å². The first-order valence-corrected chi connectivity index (χ1v) is 12.9. The Morgan fingerprint density at radius 1 is 1.06 bits per heavy atom. The maximum Gasteiger partial charge on any atom is 0.340 e. The molecule has 2 heterocycles. The number of nitrogens with zero attached hydrogens (tertiary/aromatic N) is 1. The van der Waals surface area contributed by atoms with Gasteiger partial charge in [0.1, 0.15) is 12.3 Å². The molecular formula is C24H33N3O6S. The summed E-state index contributed by atoms with van der Waals surface area (Å²) in [5.41, 5.74) is 2.47. The topological polar surface area (TPSA) is 118 Å². The van der Waals surface area contributed by atoms with Gasteiger partial charge >= 0.3 is 5.97 Å². The Kier molecular flexibility index (Phi) is 8.51. The fourth-order valence-corrected chi connectivity index (χ4v) is 5.91. The minimum Gasteiger partial charge on any atom is -0.460 e. The van der Waals surface area contributed by atoms with Gasteiger partial charge in [0.15, 0.2) is 0 Å². The molecule has 0 unspecified atom stereocenters. The molecule has 2 N–H and O–H groups in total. The van der Waals surface area contributed by atoms with Crippen molar-refractivity contribution in [1.29, 1.82) is 0 Å². The van der Waals surface area contributed by atoms with E-state index in [1.165, 1.54) is 17.5 Å². The van der Waals surface area contributed by atoms with Crippen LogP contribution in [0.25, 0.3) is 0 Å². The van der Waals surface area contributed by atoms with Gasteiger partial charge in [0.25, 0.3) is 5.91 Å². The van der Waals surface area contributed by atoms with E-state index in [0.717, 1.165) is 25.7 Å². The van der Waals surface area contributed by atoms with Crippen LogP contribution >= 0.6 is 0 Å². The third-order valence-electron chi connectivity index (χ3n) is 6.02. The van der Waals surface area contributed by atoms with Crippen molar-refractivity contribution in [2.24, 2.45) is 0 Å². The van der Waals surface area contributed by atoms with Gasteiger partial charge in [-0.3, -0.25) is 4.79 Å². The summed E-state index contributed by atoms with van der Waals surface area (Å²) in [4.78, 5) is 28.6. The number of amides is 1. The molecule has 0 bridgehead atoms. The second kappa shape index (κ2) is 11.2. The summed E-state index contributed by atoms with van der Waals surface area (Å²) in [6.07, 6.45) is 3.74. The molecule has 1 aromatic carbocycles. The summed E-state index contributed by atoms with van der Waals surface area (Å²) in [7, 11) is -2.16. The lowest BCUT2D eigenvalue weighted by Gasteiger charge is -2.21. The van der Waals surface area contributed by atoms with Gasteiger partial charge < -0.3 is 19.8 Å². The number of hydrogen-bond donors (Lipinski definition) is 2. The number of aryl methyl sites for hydroxylation is 2. The Bertz CT molecular complexity index is 1150. The average molecular weight is 492 g/mol. The predicted molar refractivity (Wildman–Crippen MR) is 129 cm³/mol. The van der Waals surface area contributed by atoms with E-state index in [1.807, 2.05) is 0 Å². The highest BCUT2D eigenvalue weighted by Crippen LogP contribution is 2.27. The highest BCUT2D eigenvalue weighted by molar-refractivity contribution is 7.89. The number of rotatable bonds is 8. The van der Waals surface area contributed by atoms with Crippen LogP contribution in [0.3, 0.4) is 0 Å². The Hall–Kier alpha value is -2.69. The number of esters is 1. The number of H-pyrrole nitrogens is 1. The molecule has 1 fully saturated rings. The Balaban J connectivity index is 1.82. The van der Waals surface area contributed by atoms with Crippen molar-refractivity contribution in [3.63, 3.8) is 0 Å². The van der Waals surface area contributed by atoms with Crippen molar-refractivity contribution in [3.8, 4) is 0 Å². The summed E-state index contributed by atoms with van der Waals surface area (Å²) >= 11 is 0. The number of sulfonamides is 1. The van der Waals surface area contributed by atoms with Gasteiger partial charge in [0, 0.05) is 31.6 Å². The molecule has 9 nitrogen and oxygen atoms in total. The van der Waals surface area contributed by atoms with Crippen LogP contribution in [0.2, 0.25) is 0 Å². The second-order valence-corrected chi connectivity index (χ2v) is 10.4. The summed E-state index contributed by atoms with van der Waals surface area (Å²) in [5, 5.41) is 2.76. The van der Waals surface area contributed by atoms with Crippen molar-refractivity contribution in [3.05, 3.63) is 46.3 Å². The van der Waals surface area contributed by atoms with E-state index in [1.54, 1.807) is 32.9 Å². The quantitative estimate of drug-likeness (QED) is 0.431. The molecule has 1 aliphatic heterocycles. The third kappa shape index (κ3) is 5.68. The maximum absolute atomic E-state index is 13.3. The molecule has 0 radical (unpaired) electrons. The van der Waals surface area contributed by atoms with E-state index in [4.69, 9.17) is 9.47 Å². The van der Waals surface area contributed by atoms with Crippen molar-refractivity contribution in [1.82, 2.24) is 9.29 Å². The third-order valence-corrected chi connectivity index (χ3v) is 8.06. The molecule has 3 rings (SSSR count). The van der Waals surface area contributed by atoms with Crippen molar-refractivity contribution < 1.29 is 27.5 Å². The molecule has 0 saturated carbocycles. The van der Waals surface area contributed by atoms with Gasteiger partial charge in [-0.05, 0) is 56.9 Å². The number of carbonyl (C=O) groups excluding carboxylic acids is 2. The van der Waals surface area contributed by atoms with Crippen LogP contribution in [0.5, 0.6) is 0 Å². The Morgan fingerprint density at radius 3 is 2.38 bits per heavy atom. The number of aromatic amines is 1. The summed E-state index contributed by atoms with van der Waals surface area (Å²) in [5.74, 6) is -1.01. The van der Waals surface area contributed by atoms with Gasteiger partial charge in [-0.25, -0.2) is 13.2 Å². The monoisotopic (exact) mass is 491 g/mol. The van der Waals surface area contributed by atoms with Crippen LogP contribution in [0.1, 0.15) is 63.4 Å².